The Balaban J connectivity index is 1.52. The van der Waals surface area contributed by atoms with E-state index in [1.54, 1.807) is 18.0 Å². The number of phenolic OH excluding ortho intramolecular Hbond substituents is 1. The summed E-state index contributed by atoms with van der Waals surface area (Å²) in [5.41, 5.74) is 0.435. The number of fused-ring (bicyclic) bond motifs is 1. The molecule has 2 fully saturated rings. The number of carbonyl (C=O) groups excluding carboxylic acids is 1. The van der Waals surface area contributed by atoms with Crippen molar-refractivity contribution >= 4 is 35.1 Å². The number of hydrogen-bond donors (Lipinski definition) is 3. The van der Waals surface area contributed by atoms with E-state index in [9.17, 15) is 15.0 Å². The van der Waals surface area contributed by atoms with Gasteiger partial charge in [-0.15, -0.1) is 0 Å². The Bertz CT molecular complexity index is 1140. The van der Waals surface area contributed by atoms with Crippen molar-refractivity contribution in [2.75, 3.05) is 21.7 Å². The first-order valence-corrected chi connectivity index (χ1v) is 13.0. The van der Waals surface area contributed by atoms with Crippen LogP contribution < -0.4 is 19.9 Å². The van der Waals surface area contributed by atoms with Crippen LogP contribution in [0.25, 0.3) is 0 Å². The minimum atomic E-state index is -0.981. The summed E-state index contributed by atoms with van der Waals surface area (Å²) in [7, 11) is 0. The molecule has 2 aromatic rings. The number of benzene rings is 1. The zero-order chi connectivity index (χ0) is 25.4. The highest BCUT2D eigenvalue weighted by atomic mass is 35.5. The third-order valence-electron chi connectivity index (χ3n) is 7.25. The molecule has 5 rings (SSSR count). The van der Waals surface area contributed by atoms with Gasteiger partial charge in [0.25, 0.3) is 0 Å². The fraction of sp³-hybridized carbons (Fsp3) is 0.560. The zero-order valence-corrected chi connectivity index (χ0v) is 21.0. The third-order valence-corrected chi connectivity index (χ3v) is 7.61. The van der Waals surface area contributed by atoms with E-state index in [1.165, 1.54) is 4.90 Å². The van der Waals surface area contributed by atoms with Crippen LogP contribution in [-0.4, -0.2) is 51.0 Å². The second-order valence-electron chi connectivity index (χ2n) is 9.67. The van der Waals surface area contributed by atoms with E-state index in [1.807, 2.05) is 0 Å². The van der Waals surface area contributed by atoms with Crippen LogP contribution >= 0.6 is 11.6 Å². The van der Waals surface area contributed by atoms with Crippen LogP contribution in [0.3, 0.4) is 0 Å². The molecule has 1 aromatic carbocycles. The van der Waals surface area contributed by atoms with Gasteiger partial charge < -0.3 is 20.3 Å². The number of halogens is 2. The molecule has 0 spiro atoms. The van der Waals surface area contributed by atoms with Crippen LogP contribution in [-0.2, 0) is 6.54 Å². The molecule has 11 heteroatoms. The SMILES string of the molecule is CCOc1cc(O)c(F)c(N2Cc3cnc(NC4CCC(O)CC4)nc3N(C3CCCC3)C2=O)c1Cl. The van der Waals surface area contributed by atoms with Crippen molar-refractivity contribution in [1.82, 2.24) is 9.97 Å². The van der Waals surface area contributed by atoms with Crippen LogP contribution in [0.5, 0.6) is 11.5 Å². The molecular formula is C25H31ClFN5O4. The number of aromatic hydroxyl groups is 1. The number of carbonyl (C=O) groups is 1. The van der Waals surface area contributed by atoms with Crippen LogP contribution in [0.1, 0.15) is 63.9 Å². The molecule has 1 aromatic heterocycles. The van der Waals surface area contributed by atoms with Crippen molar-refractivity contribution in [2.45, 2.75) is 83.0 Å². The summed E-state index contributed by atoms with van der Waals surface area (Å²) in [5, 5.41) is 23.3. The van der Waals surface area contributed by atoms with E-state index in [0.29, 0.717) is 17.3 Å². The summed E-state index contributed by atoms with van der Waals surface area (Å²) in [6, 6.07) is 0.734. The summed E-state index contributed by atoms with van der Waals surface area (Å²) in [5.74, 6) is -0.576. The number of nitrogens with one attached hydrogen (secondary N) is 1. The van der Waals surface area contributed by atoms with Crippen molar-refractivity contribution < 1.29 is 24.1 Å². The highest BCUT2D eigenvalue weighted by Crippen LogP contribution is 2.45. The lowest BCUT2D eigenvalue weighted by Crippen LogP contribution is -2.52. The van der Waals surface area contributed by atoms with Crippen LogP contribution in [0, 0.1) is 5.82 Å². The first-order chi connectivity index (χ1) is 17.4. The van der Waals surface area contributed by atoms with Gasteiger partial charge in [-0.25, -0.2) is 14.2 Å². The quantitative estimate of drug-likeness (QED) is 0.493. The number of aliphatic hydroxyl groups excluding tert-OH is 1. The number of amides is 2. The molecule has 0 unspecified atom stereocenters. The van der Waals surface area contributed by atoms with Gasteiger partial charge in [0.05, 0.1) is 19.3 Å². The summed E-state index contributed by atoms with van der Waals surface area (Å²) < 4.78 is 20.7. The average Bonchev–Trinajstić information content (AvgIpc) is 3.39. The van der Waals surface area contributed by atoms with Crippen molar-refractivity contribution in [3.05, 3.63) is 28.7 Å². The van der Waals surface area contributed by atoms with Crippen LogP contribution in [0.4, 0.5) is 26.6 Å². The van der Waals surface area contributed by atoms with E-state index in [-0.39, 0.29) is 47.8 Å². The second kappa shape index (κ2) is 10.3. The normalized spacial score (nSPS) is 22.6. The van der Waals surface area contributed by atoms with Gasteiger partial charge in [0, 0.05) is 29.9 Å². The van der Waals surface area contributed by atoms with Gasteiger partial charge in [0.15, 0.2) is 11.6 Å². The Morgan fingerprint density at radius 1 is 1.22 bits per heavy atom. The number of aliphatic hydroxyl groups is 1. The van der Waals surface area contributed by atoms with Gasteiger partial charge in [-0.05, 0) is 45.4 Å². The van der Waals surface area contributed by atoms with Gasteiger partial charge in [0.2, 0.25) is 5.95 Å². The molecule has 0 atom stereocenters. The number of nitrogens with zero attached hydrogens (tertiary/aromatic N) is 4. The van der Waals surface area contributed by atoms with Crippen molar-refractivity contribution in [2.24, 2.45) is 0 Å². The van der Waals surface area contributed by atoms with Crippen LogP contribution in [0.15, 0.2) is 12.3 Å². The van der Waals surface area contributed by atoms with E-state index in [2.05, 4.69) is 10.3 Å². The Kier molecular flexibility index (Phi) is 7.07. The highest BCUT2D eigenvalue weighted by Gasteiger charge is 2.41. The molecule has 1 aliphatic heterocycles. The minimum Gasteiger partial charge on any atom is -0.505 e. The van der Waals surface area contributed by atoms with Crippen molar-refractivity contribution in [1.29, 1.82) is 0 Å². The lowest BCUT2D eigenvalue weighted by molar-refractivity contribution is 0.126. The topological polar surface area (TPSA) is 111 Å². The number of phenols is 1. The molecule has 2 amide bonds. The zero-order valence-electron chi connectivity index (χ0n) is 20.2. The summed E-state index contributed by atoms with van der Waals surface area (Å²) in [6.07, 6.45) is 8.08. The number of aromatic nitrogens is 2. The predicted molar refractivity (Wildman–Crippen MR) is 134 cm³/mol. The van der Waals surface area contributed by atoms with Crippen molar-refractivity contribution in [3.8, 4) is 11.5 Å². The maximum absolute atomic E-state index is 15.2. The van der Waals surface area contributed by atoms with E-state index in [4.69, 9.17) is 21.3 Å². The summed E-state index contributed by atoms with van der Waals surface area (Å²) in [6.45, 7) is 2.01. The lowest BCUT2D eigenvalue weighted by atomic mass is 9.93. The van der Waals surface area contributed by atoms with Crippen LogP contribution in [0.2, 0.25) is 5.02 Å². The van der Waals surface area contributed by atoms with E-state index in [0.717, 1.165) is 57.4 Å². The highest BCUT2D eigenvalue weighted by molar-refractivity contribution is 6.35. The standard InChI is InChI=1S/C25H31ClFN5O4/c1-2-36-19-11-18(34)21(27)22(20(19)26)31-13-14-12-28-24(29-15-7-9-17(33)10-8-15)30-23(14)32(25(31)35)16-5-3-4-6-16/h11-12,15-17,33-34H,2-10,13H2,1H3,(H,28,29,30). The molecule has 9 nitrogen and oxygen atoms in total. The summed E-state index contributed by atoms with van der Waals surface area (Å²) >= 11 is 6.49. The predicted octanol–water partition coefficient (Wildman–Crippen LogP) is 4.98. The van der Waals surface area contributed by atoms with Crippen molar-refractivity contribution in [3.63, 3.8) is 0 Å². The Labute approximate surface area is 214 Å². The number of ether oxygens (including phenoxy) is 1. The largest absolute Gasteiger partial charge is 0.505 e. The van der Waals surface area contributed by atoms with E-state index < -0.39 is 17.6 Å². The number of hydrogen-bond acceptors (Lipinski definition) is 7. The number of anilines is 3. The molecule has 0 saturated heterocycles. The fourth-order valence-electron chi connectivity index (χ4n) is 5.40. The van der Waals surface area contributed by atoms with Gasteiger partial charge in [0.1, 0.15) is 22.3 Å². The molecule has 0 bridgehead atoms. The van der Waals surface area contributed by atoms with Gasteiger partial charge in [-0.2, -0.15) is 4.98 Å². The first kappa shape index (κ1) is 24.8. The van der Waals surface area contributed by atoms with Gasteiger partial charge in [-0.1, -0.05) is 24.4 Å². The molecule has 2 saturated carbocycles. The molecule has 0 radical (unpaired) electrons. The molecule has 2 aliphatic carbocycles. The Hall–Kier alpha value is -2.85. The second-order valence-corrected chi connectivity index (χ2v) is 10.1. The Morgan fingerprint density at radius 2 is 1.94 bits per heavy atom. The molecule has 194 valence electrons. The maximum atomic E-state index is 15.2. The lowest BCUT2D eigenvalue weighted by Gasteiger charge is -2.39. The smallest absolute Gasteiger partial charge is 0.330 e. The monoisotopic (exact) mass is 519 g/mol. The third kappa shape index (κ3) is 4.64. The van der Waals surface area contributed by atoms with E-state index >= 15 is 4.39 Å². The number of rotatable bonds is 6. The van der Waals surface area contributed by atoms with Gasteiger partial charge in [-0.3, -0.25) is 9.80 Å². The molecule has 3 aliphatic rings. The molecule has 36 heavy (non-hydrogen) atoms. The minimum absolute atomic E-state index is 0.00105. The number of urea groups is 1. The first-order valence-electron chi connectivity index (χ1n) is 12.6. The van der Waals surface area contributed by atoms with Gasteiger partial charge >= 0.3 is 6.03 Å². The maximum Gasteiger partial charge on any atom is 0.330 e. The molecule has 3 N–H and O–H groups in total. The molecular weight excluding hydrogens is 489 g/mol. The molecule has 2 heterocycles. The fourth-order valence-corrected chi connectivity index (χ4v) is 5.69. The average molecular weight is 520 g/mol. The summed E-state index contributed by atoms with van der Waals surface area (Å²) in [4.78, 5) is 26.0. The Morgan fingerprint density at radius 3 is 2.64 bits per heavy atom.